The van der Waals surface area contributed by atoms with Crippen molar-refractivity contribution < 1.29 is 13.2 Å². The van der Waals surface area contributed by atoms with Crippen LogP contribution in [0.1, 0.15) is 19.8 Å². The second kappa shape index (κ2) is 3.22. The molecule has 72 valence electrons. The molecule has 1 aliphatic heterocycles. The molecule has 0 aromatic rings. The first-order valence-corrected chi connectivity index (χ1v) is 3.98. The van der Waals surface area contributed by atoms with E-state index in [-0.39, 0.29) is 18.5 Å². The lowest BCUT2D eigenvalue weighted by Gasteiger charge is -2.33. The predicted molar refractivity (Wildman–Crippen MR) is 39.7 cm³/mol. The summed E-state index contributed by atoms with van der Waals surface area (Å²) in [5.74, 6) is 0. The Kier molecular flexibility index (Phi) is 2.63. The van der Waals surface area contributed by atoms with Crippen LogP contribution in [0, 0.1) is 0 Å². The predicted octanol–water partition coefficient (Wildman–Crippen LogP) is 1.02. The van der Waals surface area contributed by atoms with E-state index in [9.17, 15) is 13.2 Å². The molecule has 0 aromatic carbocycles. The van der Waals surface area contributed by atoms with Crippen LogP contribution < -0.4 is 11.1 Å². The van der Waals surface area contributed by atoms with E-state index in [2.05, 4.69) is 5.32 Å². The Morgan fingerprint density at radius 2 is 1.92 bits per heavy atom. The average Bonchev–Trinajstić information content (AvgIpc) is 1.82. The minimum Gasteiger partial charge on any atom is -0.328 e. The van der Waals surface area contributed by atoms with E-state index in [1.807, 2.05) is 0 Å². The van der Waals surface area contributed by atoms with Crippen LogP contribution in [0.15, 0.2) is 0 Å². The third kappa shape index (κ3) is 2.35. The molecule has 0 amide bonds. The molecule has 3 atom stereocenters. The average molecular weight is 182 g/mol. The van der Waals surface area contributed by atoms with Crippen LogP contribution in [0.25, 0.3) is 0 Å². The molecule has 12 heavy (non-hydrogen) atoms. The van der Waals surface area contributed by atoms with Gasteiger partial charge < -0.3 is 11.1 Å². The summed E-state index contributed by atoms with van der Waals surface area (Å²) < 4.78 is 36.5. The third-order valence-electron chi connectivity index (χ3n) is 2.08. The molecule has 0 spiro atoms. The standard InChI is InChI=1S/C7H13F3N2/c1-4-2-5(11)3-6(12-4)7(8,9)10/h4-6,12H,2-3,11H2,1H3/t4-,5-,6-/m0/s1. The molecule has 1 aliphatic rings. The molecular formula is C7H13F3N2. The molecule has 2 nitrogen and oxygen atoms in total. The van der Waals surface area contributed by atoms with E-state index in [1.54, 1.807) is 6.92 Å². The highest BCUT2D eigenvalue weighted by Crippen LogP contribution is 2.27. The minimum absolute atomic E-state index is 0.00611. The Hall–Kier alpha value is -0.290. The maximum atomic E-state index is 12.2. The van der Waals surface area contributed by atoms with Crippen LogP contribution in [0.2, 0.25) is 0 Å². The molecule has 5 heteroatoms. The van der Waals surface area contributed by atoms with Gasteiger partial charge in [0.1, 0.15) is 6.04 Å². The van der Waals surface area contributed by atoms with Crippen LogP contribution in [0.4, 0.5) is 13.2 Å². The highest BCUT2D eigenvalue weighted by molar-refractivity contribution is 4.88. The largest absolute Gasteiger partial charge is 0.403 e. The number of nitrogens with one attached hydrogen (secondary N) is 1. The lowest BCUT2D eigenvalue weighted by atomic mass is 9.95. The van der Waals surface area contributed by atoms with Crippen molar-refractivity contribution in [2.45, 2.75) is 44.1 Å². The molecule has 1 saturated heterocycles. The first kappa shape index (κ1) is 9.80. The van der Waals surface area contributed by atoms with Gasteiger partial charge >= 0.3 is 6.18 Å². The van der Waals surface area contributed by atoms with Crippen molar-refractivity contribution in [1.82, 2.24) is 5.32 Å². The number of nitrogens with two attached hydrogens (primary N) is 1. The molecule has 1 rings (SSSR count). The van der Waals surface area contributed by atoms with Crippen molar-refractivity contribution in [1.29, 1.82) is 0 Å². The maximum Gasteiger partial charge on any atom is 0.403 e. The third-order valence-corrected chi connectivity index (χ3v) is 2.08. The zero-order valence-electron chi connectivity index (χ0n) is 6.86. The summed E-state index contributed by atoms with van der Waals surface area (Å²) in [4.78, 5) is 0. The van der Waals surface area contributed by atoms with Gasteiger partial charge in [-0.3, -0.25) is 0 Å². The molecule has 1 heterocycles. The van der Waals surface area contributed by atoms with E-state index in [0.29, 0.717) is 6.42 Å². The summed E-state index contributed by atoms with van der Waals surface area (Å²) in [7, 11) is 0. The fourth-order valence-corrected chi connectivity index (χ4v) is 1.56. The Labute approximate surface area is 69.3 Å². The first-order chi connectivity index (χ1) is 5.39. The van der Waals surface area contributed by atoms with Gasteiger partial charge in [-0.2, -0.15) is 13.2 Å². The van der Waals surface area contributed by atoms with Crippen molar-refractivity contribution >= 4 is 0 Å². The first-order valence-electron chi connectivity index (χ1n) is 3.98. The lowest BCUT2D eigenvalue weighted by molar-refractivity contribution is -0.163. The molecule has 0 unspecified atom stereocenters. The topological polar surface area (TPSA) is 38.0 Å². The Bertz CT molecular complexity index is 147. The van der Waals surface area contributed by atoms with E-state index in [4.69, 9.17) is 5.73 Å². The number of halogens is 3. The summed E-state index contributed by atoms with van der Waals surface area (Å²) in [5, 5.41) is 2.48. The Balaban J connectivity index is 2.55. The zero-order chi connectivity index (χ0) is 9.35. The normalized spacial score (nSPS) is 38.2. The van der Waals surface area contributed by atoms with Crippen molar-refractivity contribution in [3.8, 4) is 0 Å². The maximum absolute atomic E-state index is 12.2. The summed E-state index contributed by atoms with van der Waals surface area (Å²) in [5.41, 5.74) is 5.47. The number of hydrogen-bond donors (Lipinski definition) is 2. The fourth-order valence-electron chi connectivity index (χ4n) is 1.56. The lowest BCUT2D eigenvalue weighted by Crippen LogP contribution is -2.54. The van der Waals surface area contributed by atoms with Crippen molar-refractivity contribution in [2.75, 3.05) is 0 Å². The van der Waals surface area contributed by atoms with Crippen molar-refractivity contribution in [3.63, 3.8) is 0 Å². The summed E-state index contributed by atoms with van der Waals surface area (Å²) in [6, 6.07) is -1.88. The van der Waals surface area contributed by atoms with Crippen molar-refractivity contribution in [2.24, 2.45) is 5.73 Å². The van der Waals surface area contributed by atoms with E-state index in [1.165, 1.54) is 0 Å². The van der Waals surface area contributed by atoms with Crippen LogP contribution in [0.3, 0.4) is 0 Å². The summed E-state index contributed by atoms with van der Waals surface area (Å²) >= 11 is 0. The van der Waals surface area contributed by atoms with Gasteiger partial charge in [0.15, 0.2) is 0 Å². The molecule has 1 fully saturated rings. The van der Waals surface area contributed by atoms with Crippen LogP contribution >= 0.6 is 0 Å². The van der Waals surface area contributed by atoms with E-state index < -0.39 is 12.2 Å². The molecule has 0 bridgehead atoms. The van der Waals surface area contributed by atoms with E-state index >= 15 is 0 Å². The summed E-state index contributed by atoms with van der Waals surface area (Å²) in [6.07, 6.45) is -3.55. The number of hydrogen-bond acceptors (Lipinski definition) is 2. The Morgan fingerprint density at radius 1 is 1.33 bits per heavy atom. The SMILES string of the molecule is C[C@H]1C[C@H](N)C[C@@H](C(F)(F)F)N1. The monoisotopic (exact) mass is 182 g/mol. The van der Waals surface area contributed by atoms with Gasteiger partial charge in [0, 0.05) is 12.1 Å². The van der Waals surface area contributed by atoms with Crippen molar-refractivity contribution in [3.05, 3.63) is 0 Å². The second-order valence-corrected chi connectivity index (χ2v) is 3.39. The quantitative estimate of drug-likeness (QED) is 0.587. The van der Waals surface area contributed by atoms with Gasteiger partial charge in [-0.15, -0.1) is 0 Å². The van der Waals surface area contributed by atoms with Gasteiger partial charge in [0.25, 0.3) is 0 Å². The molecule has 0 aromatic heterocycles. The number of piperidine rings is 1. The molecule has 0 saturated carbocycles. The molecular weight excluding hydrogens is 169 g/mol. The summed E-state index contributed by atoms with van der Waals surface area (Å²) in [6.45, 7) is 1.72. The zero-order valence-corrected chi connectivity index (χ0v) is 6.86. The van der Waals surface area contributed by atoms with Crippen LogP contribution in [0.5, 0.6) is 0 Å². The van der Waals surface area contributed by atoms with Crippen LogP contribution in [-0.4, -0.2) is 24.3 Å². The highest BCUT2D eigenvalue weighted by atomic mass is 19.4. The smallest absolute Gasteiger partial charge is 0.328 e. The number of alkyl halides is 3. The highest BCUT2D eigenvalue weighted by Gasteiger charge is 2.43. The number of rotatable bonds is 0. The van der Waals surface area contributed by atoms with Gasteiger partial charge in [-0.05, 0) is 19.8 Å². The Morgan fingerprint density at radius 3 is 2.33 bits per heavy atom. The van der Waals surface area contributed by atoms with Gasteiger partial charge in [0.2, 0.25) is 0 Å². The van der Waals surface area contributed by atoms with Gasteiger partial charge in [-0.1, -0.05) is 0 Å². The molecule has 0 radical (unpaired) electrons. The van der Waals surface area contributed by atoms with E-state index in [0.717, 1.165) is 0 Å². The molecule has 3 N–H and O–H groups in total. The fraction of sp³-hybridized carbons (Fsp3) is 1.00. The molecule has 0 aliphatic carbocycles. The van der Waals surface area contributed by atoms with Gasteiger partial charge in [-0.25, -0.2) is 0 Å². The second-order valence-electron chi connectivity index (χ2n) is 3.39. The van der Waals surface area contributed by atoms with Crippen LogP contribution in [-0.2, 0) is 0 Å². The van der Waals surface area contributed by atoms with Gasteiger partial charge in [0.05, 0.1) is 0 Å². The minimum atomic E-state index is -4.16.